The third-order valence-corrected chi connectivity index (χ3v) is 6.07. The van der Waals surface area contributed by atoms with Crippen LogP contribution >= 0.6 is 0 Å². The normalized spacial score (nSPS) is 25.5. The Morgan fingerprint density at radius 1 is 1.28 bits per heavy atom. The van der Waals surface area contributed by atoms with Gasteiger partial charge in [-0.3, -0.25) is 14.6 Å². The number of aromatic nitrogens is 2. The zero-order valence-electron chi connectivity index (χ0n) is 15.5. The first-order valence-electron chi connectivity index (χ1n) is 9.82. The van der Waals surface area contributed by atoms with Crippen molar-refractivity contribution in [2.75, 3.05) is 26.2 Å². The van der Waals surface area contributed by atoms with Gasteiger partial charge >= 0.3 is 0 Å². The Morgan fingerprint density at radius 2 is 2.00 bits per heavy atom. The summed E-state index contributed by atoms with van der Waals surface area (Å²) in [5.41, 5.74) is 0. The van der Waals surface area contributed by atoms with E-state index in [1.165, 1.54) is 25.7 Å². The summed E-state index contributed by atoms with van der Waals surface area (Å²) in [6.45, 7) is 6.60. The van der Waals surface area contributed by atoms with Crippen LogP contribution in [0.15, 0.2) is 12.4 Å². The summed E-state index contributed by atoms with van der Waals surface area (Å²) in [5.74, 6) is 2.87. The number of amides is 1. The summed E-state index contributed by atoms with van der Waals surface area (Å²) in [5, 5.41) is 3.35. The Labute approximate surface area is 150 Å². The molecule has 1 saturated heterocycles. The number of rotatable bonds is 7. The lowest BCUT2D eigenvalue weighted by Gasteiger charge is -2.39. The van der Waals surface area contributed by atoms with Gasteiger partial charge in [-0.25, -0.2) is 4.98 Å². The number of carbonyl (C=O) groups is 1. The highest BCUT2D eigenvalue weighted by molar-refractivity contribution is 5.78. The minimum atomic E-state index is 0.230. The summed E-state index contributed by atoms with van der Waals surface area (Å²) in [6.07, 6.45) is 9.09. The van der Waals surface area contributed by atoms with Gasteiger partial charge in [-0.2, -0.15) is 0 Å². The Hall–Kier alpha value is -1.40. The van der Waals surface area contributed by atoms with E-state index in [1.54, 1.807) is 0 Å². The van der Waals surface area contributed by atoms with Crippen LogP contribution in [0.4, 0.5) is 0 Å². The summed E-state index contributed by atoms with van der Waals surface area (Å²) < 4.78 is 2.09. The van der Waals surface area contributed by atoms with Gasteiger partial charge in [0.2, 0.25) is 5.91 Å². The lowest BCUT2D eigenvalue weighted by molar-refractivity contribution is -0.124. The van der Waals surface area contributed by atoms with Gasteiger partial charge in [0.25, 0.3) is 0 Å². The molecule has 0 radical (unpaired) electrons. The summed E-state index contributed by atoms with van der Waals surface area (Å²) >= 11 is 0. The monoisotopic (exact) mass is 345 g/mol. The van der Waals surface area contributed by atoms with Gasteiger partial charge in [0, 0.05) is 51.2 Å². The fraction of sp³-hybridized carbons (Fsp3) is 0.789. The maximum absolute atomic E-state index is 12.5. The fourth-order valence-electron chi connectivity index (χ4n) is 4.15. The number of piperazine rings is 1. The number of nitrogens with zero attached hydrogens (tertiary/aromatic N) is 4. The van der Waals surface area contributed by atoms with E-state index in [-0.39, 0.29) is 5.91 Å². The molecule has 1 N–H and O–H groups in total. The van der Waals surface area contributed by atoms with E-state index < -0.39 is 0 Å². The molecule has 0 bridgehead atoms. The van der Waals surface area contributed by atoms with E-state index >= 15 is 0 Å². The van der Waals surface area contributed by atoms with Crippen molar-refractivity contribution in [1.29, 1.82) is 0 Å². The molecule has 1 amide bonds. The highest BCUT2D eigenvalue weighted by Gasteiger charge is 2.42. The van der Waals surface area contributed by atoms with Crippen LogP contribution in [-0.2, 0) is 18.4 Å². The fourth-order valence-corrected chi connectivity index (χ4v) is 4.15. The first kappa shape index (κ1) is 17.0. The molecule has 6 heteroatoms. The standard InChI is InChI=1S/C19H31N5O/c1-14-11-23(9-10-24(14)12-17-20-7-8-22(17)2)13-18(25)21-19(15-3-4-15)16-5-6-16/h7-8,14-16,19H,3-6,9-13H2,1-2H3,(H,21,25)/t14-/m0/s1. The van der Waals surface area contributed by atoms with Crippen molar-refractivity contribution in [2.45, 2.75) is 51.2 Å². The van der Waals surface area contributed by atoms with Crippen LogP contribution in [0, 0.1) is 11.8 Å². The Kier molecular flexibility index (Phi) is 4.82. The van der Waals surface area contributed by atoms with Gasteiger partial charge in [0.15, 0.2) is 0 Å². The minimum Gasteiger partial charge on any atom is -0.352 e. The molecule has 2 heterocycles. The molecule has 4 rings (SSSR count). The summed E-state index contributed by atoms with van der Waals surface area (Å²) in [7, 11) is 2.05. The smallest absolute Gasteiger partial charge is 0.234 e. The summed E-state index contributed by atoms with van der Waals surface area (Å²) in [6, 6.07) is 0.913. The SMILES string of the molecule is C[C@H]1CN(CC(=O)NC(C2CC2)C2CC2)CCN1Cc1nccn1C. The van der Waals surface area contributed by atoms with Gasteiger partial charge < -0.3 is 9.88 Å². The zero-order valence-corrected chi connectivity index (χ0v) is 15.5. The number of carbonyl (C=O) groups excluding carboxylic acids is 1. The van der Waals surface area contributed by atoms with Crippen LogP contribution in [0.1, 0.15) is 38.4 Å². The number of imidazole rings is 1. The van der Waals surface area contributed by atoms with Gasteiger partial charge in [0.1, 0.15) is 5.82 Å². The average Bonchev–Trinajstić information content (AvgIpc) is 3.48. The number of nitrogens with one attached hydrogen (secondary N) is 1. The van der Waals surface area contributed by atoms with E-state index in [2.05, 4.69) is 31.6 Å². The molecule has 0 unspecified atom stereocenters. The van der Waals surface area contributed by atoms with Crippen LogP contribution in [0.25, 0.3) is 0 Å². The molecule has 1 aromatic rings. The highest BCUT2D eigenvalue weighted by Crippen LogP contribution is 2.44. The van der Waals surface area contributed by atoms with E-state index in [0.29, 0.717) is 18.6 Å². The first-order valence-corrected chi connectivity index (χ1v) is 9.82. The molecule has 1 aliphatic heterocycles. The lowest BCUT2D eigenvalue weighted by atomic mass is 10.1. The largest absolute Gasteiger partial charge is 0.352 e. The number of hydrogen-bond donors (Lipinski definition) is 1. The molecular formula is C19H31N5O. The van der Waals surface area contributed by atoms with Gasteiger partial charge in [-0.1, -0.05) is 0 Å². The van der Waals surface area contributed by atoms with Crippen molar-refractivity contribution in [2.24, 2.45) is 18.9 Å². The molecule has 2 aliphatic carbocycles. The molecule has 2 saturated carbocycles. The zero-order chi connectivity index (χ0) is 17.4. The molecule has 138 valence electrons. The second kappa shape index (κ2) is 7.08. The van der Waals surface area contributed by atoms with Crippen molar-refractivity contribution in [3.63, 3.8) is 0 Å². The third-order valence-electron chi connectivity index (χ3n) is 6.07. The predicted octanol–water partition coefficient (Wildman–Crippen LogP) is 1.23. The molecule has 3 fully saturated rings. The first-order chi connectivity index (χ1) is 12.1. The Bertz CT molecular complexity index is 595. The van der Waals surface area contributed by atoms with Crippen LogP contribution in [0.2, 0.25) is 0 Å². The average molecular weight is 345 g/mol. The Balaban J connectivity index is 1.24. The molecule has 3 aliphatic rings. The Morgan fingerprint density at radius 3 is 2.56 bits per heavy atom. The number of hydrogen-bond acceptors (Lipinski definition) is 4. The van der Waals surface area contributed by atoms with Crippen LogP contribution in [0.5, 0.6) is 0 Å². The highest BCUT2D eigenvalue weighted by atomic mass is 16.2. The molecule has 1 aromatic heterocycles. The molecule has 25 heavy (non-hydrogen) atoms. The minimum absolute atomic E-state index is 0.230. The van der Waals surface area contributed by atoms with Gasteiger partial charge in [-0.05, 0) is 44.4 Å². The molecule has 1 atom stereocenters. The van der Waals surface area contributed by atoms with Gasteiger partial charge in [0.05, 0.1) is 13.1 Å². The maximum Gasteiger partial charge on any atom is 0.234 e. The van der Waals surface area contributed by atoms with Crippen molar-refractivity contribution < 1.29 is 4.79 Å². The molecule has 0 spiro atoms. The van der Waals surface area contributed by atoms with Crippen LogP contribution < -0.4 is 5.32 Å². The van der Waals surface area contributed by atoms with Crippen LogP contribution in [0.3, 0.4) is 0 Å². The lowest BCUT2D eigenvalue weighted by Crippen LogP contribution is -2.54. The predicted molar refractivity (Wildman–Crippen MR) is 96.9 cm³/mol. The topological polar surface area (TPSA) is 53.4 Å². The summed E-state index contributed by atoms with van der Waals surface area (Å²) in [4.78, 5) is 21.7. The second-order valence-electron chi connectivity index (χ2n) is 8.28. The van der Waals surface area contributed by atoms with E-state index in [0.717, 1.165) is 43.8 Å². The third kappa shape index (κ3) is 4.23. The molecule has 0 aromatic carbocycles. The van der Waals surface area contributed by atoms with E-state index in [4.69, 9.17) is 0 Å². The maximum atomic E-state index is 12.5. The van der Waals surface area contributed by atoms with E-state index in [9.17, 15) is 4.79 Å². The molecular weight excluding hydrogens is 314 g/mol. The van der Waals surface area contributed by atoms with Crippen molar-refractivity contribution in [3.05, 3.63) is 18.2 Å². The van der Waals surface area contributed by atoms with Crippen molar-refractivity contribution >= 4 is 5.91 Å². The number of aryl methyl sites for hydroxylation is 1. The quantitative estimate of drug-likeness (QED) is 0.808. The van der Waals surface area contributed by atoms with Crippen LogP contribution in [-0.4, -0.2) is 63.5 Å². The second-order valence-corrected chi connectivity index (χ2v) is 8.28. The molecule has 6 nitrogen and oxygen atoms in total. The van der Waals surface area contributed by atoms with Crippen molar-refractivity contribution in [1.82, 2.24) is 24.7 Å². The van der Waals surface area contributed by atoms with E-state index in [1.807, 2.05) is 19.4 Å². The van der Waals surface area contributed by atoms with Gasteiger partial charge in [-0.15, -0.1) is 0 Å². The van der Waals surface area contributed by atoms with Crippen molar-refractivity contribution in [3.8, 4) is 0 Å².